The van der Waals surface area contributed by atoms with E-state index in [0.717, 1.165) is 22.9 Å². The molecule has 0 radical (unpaired) electrons. The van der Waals surface area contributed by atoms with Crippen molar-refractivity contribution < 1.29 is 14.0 Å². The number of piperazine rings is 1. The lowest BCUT2D eigenvalue weighted by Crippen LogP contribution is -2.64. The fourth-order valence-corrected chi connectivity index (χ4v) is 5.19. The van der Waals surface area contributed by atoms with Gasteiger partial charge in [0, 0.05) is 37.8 Å². The largest absolute Gasteiger partial charge is 0.461 e. The Balaban J connectivity index is 1.34. The van der Waals surface area contributed by atoms with Gasteiger partial charge in [0.05, 0.1) is 11.1 Å². The Morgan fingerprint density at radius 2 is 1.92 bits per heavy atom. The number of amides is 2. The Kier molecular flexibility index (Phi) is 6.46. The van der Waals surface area contributed by atoms with E-state index in [1.54, 1.807) is 15.9 Å². The molecule has 190 valence electrons. The van der Waals surface area contributed by atoms with Crippen molar-refractivity contribution in [3.63, 3.8) is 0 Å². The summed E-state index contributed by atoms with van der Waals surface area (Å²) in [4.78, 5) is 35.4. The molecule has 1 N–H and O–H groups in total. The van der Waals surface area contributed by atoms with E-state index in [-0.39, 0.29) is 11.8 Å². The number of benzene rings is 2. The minimum atomic E-state index is -0.752. The number of amidine groups is 1. The van der Waals surface area contributed by atoms with E-state index in [0.29, 0.717) is 48.9 Å². The summed E-state index contributed by atoms with van der Waals surface area (Å²) in [6.45, 7) is 11.5. The number of hydrogen-bond donors (Lipinski definition) is 1. The Bertz CT molecular complexity index is 1450. The molecule has 2 amide bonds. The van der Waals surface area contributed by atoms with E-state index < -0.39 is 5.54 Å². The number of hydrogen-bond acceptors (Lipinski definition) is 5. The van der Waals surface area contributed by atoms with E-state index in [9.17, 15) is 9.59 Å². The predicted molar refractivity (Wildman–Crippen MR) is 146 cm³/mol. The molecule has 1 saturated heterocycles. The Morgan fingerprint density at radius 1 is 1.11 bits per heavy atom. The maximum atomic E-state index is 13.6. The third-order valence-corrected chi connectivity index (χ3v) is 7.30. The molecule has 37 heavy (non-hydrogen) atoms. The molecule has 2 aliphatic rings. The fourth-order valence-electron chi connectivity index (χ4n) is 5.19. The van der Waals surface area contributed by atoms with Gasteiger partial charge in [-0.25, -0.2) is 0 Å². The molecule has 0 spiro atoms. The number of furan rings is 1. The first-order valence-electron chi connectivity index (χ1n) is 12.6. The molecule has 2 aromatic carbocycles. The van der Waals surface area contributed by atoms with Crippen LogP contribution in [0.5, 0.6) is 0 Å². The fraction of sp³-hybridized carbons (Fsp3) is 0.300. The third kappa shape index (κ3) is 4.57. The minimum Gasteiger partial charge on any atom is -0.461 e. The Labute approximate surface area is 217 Å². The molecule has 0 bridgehead atoms. The van der Waals surface area contributed by atoms with Gasteiger partial charge in [0.25, 0.3) is 11.8 Å². The topological polar surface area (TPSA) is 78.2 Å². The molecule has 7 heteroatoms. The van der Waals surface area contributed by atoms with Crippen molar-refractivity contribution >= 4 is 34.2 Å². The van der Waals surface area contributed by atoms with E-state index in [1.165, 1.54) is 5.56 Å². The molecule has 2 aliphatic heterocycles. The smallest absolute Gasteiger partial charge is 0.290 e. The van der Waals surface area contributed by atoms with Crippen LogP contribution in [0.4, 0.5) is 0 Å². The maximum Gasteiger partial charge on any atom is 0.290 e. The number of fused-ring (bicyclic) bond motifs is 1. The number of aryl methyl sites for hydroxylation is 2. The second-order valence-corrected chi connectivity index (χ2v) is 9.94. The van der Waals surface area contributed by atoms with Crippen molar-refractivity contribution in [3.05, 3.63) is 89.8 Å². The summed E-state index contributed by atoms with van der Waals surface area (Å²) in [5.74, 6) is 0.616. The lowest BCUT2D eigenvalue weighted by molar-refractivity contribution is -0.131. The predicted octanol–water partition coefficient (Wildman–Crippen LogP) is 4.71. The highest BCUT2D eigenvalue weighted by atomic mass is 16.3. The molecule has 1 fully saturated rings. The van der Waals surface area contributed by atoms with E-state index in [4.69, 9.17) is 4.42 Å². The van der Waals surface area contributed by atoms with E-state index in [1.807, 2.05) is 50.4 Å². The molecule has 1 aromatic heterocycles. The molecule has 5 rings (SSSR count). The zero-order valence-corrected chi connectivity index (χ0v) is 21.6. The standard InChI is InChI=1S/C30H32N4O3/c1-5-30(4)19-33(28(35)26-21(3)37-25-12-7-6-11-24(25)26)15-16-34(30)29(36)27-31-14-13-23(18-32-27)22-10-8-9-20(2)17-22/h5-12,17-18H,1,13-16,19H2,2-4H3,(H,31,32). The average Bonchev–Trinajstić information content (AvgIpc) is 3.05. The van der Waals surface area contributed by atoms with Crippen LogP contribution in [0.2, 0.25) is 0 Å². The van der Waals surface area contributed by atoms with Crippen LogP contribution < -0.4 is 5.32 Å². The normalized spacial score (nSPS) is 20.1. The lowest BCUT2D eigenvalue weighted by Gasteiger charge is -2.47. The van der Waals surface area contributed by atoms with Crippen LogP contribution in [0.1, 0.15) is 40.6 Å². The molecular weight excluding hydrogens is 464 g/mol. The van der Waals surface area contributed by atoms with Gasteiger partial charge in [-0.1, -0.05) is 54.1 Å². The molecule has 0 saturated carbocycles. The van der Waals surface area contributed by atoms with Gasteiger partial charge in [-0.3, -0.25) is 14.6 Å². The van der Waals surface area contributed by atoms with Crippen LogP contribution in [0.3, 0.4) is 0 Å². The number of carbonyl (C=O) groups excluding carboxylic acids is 2. The SMILES string of the molecule is C=CC1(C)CN(C(=O)c2c(C)oc3ccccc23)CCN1C(=O)C1=NCCC(c2cccc(C)c2)=CN1. The highest BCUT2D eigenvalue weighted by molar-refractivity contribution is 6.38. The quantitative estimate of drug-likeness (QED) is 0.531. The zero-order chi connectivity index (χ0) is 26.2. The van der Waals surface area contributed by atoms with Crippen LogP contribution in [0.25, 0.3) is 16.5 Å². The van der Waals surface area contributed by atoms with Gasteiger partial charge in [-0.15, -0.1) is 6.58 Å². The van der Waals surface area contributed by atoms with Gasteiger partial charge < -0.3 is 19.5 Å². The van der Waals surface area contributed by atoms with E-state index >= 15 is 0 Å². The average molecular weight is 497 g/mol. The number of nitrogens with zero attached hydrogens (tertiary/aromatic N) is 3. The first-order valence-corrected chi connectivity index (χ1v) is 12.6. The van der Waals surface area contributed by atoms with Crippen molar-refractivity contribution in [2.45, 2.75) is 32.7 Å². The summed E-state index contributed by atoms with van der Waals surface area (Å²) < 4.78 is 5.83. The first-order chi connectivity index (χ1) is 17.8. The van der Waals surface area contributed by atoms with Crippen molar-refractivity contribution in [1.29, 1.82) is 0 Å². The van der Waals surface area contributed by atoms with Gasteiger partial charge >= 0.3 is 0 Å². The Morgan fingerprint density at radius 3 is 2.70 bits per heavy atom. The molecule has 3 heterocycles. The van der Waals surface area contributed by atoms with Crippen LogP contribution >= 0.6 is 0 Å². The summed E-state index contributed by atoms with van der Waals surface area (Å²) in [6, 6.07) is 15.9. The van der Waals surface area contributed by atoms with Crippen molar-refractivity contribution in [3.8, 4) is 0 Å². The molecule has 1 atom stereocenters. The number of carbonyl (C=O) groups is 2. The van der Waals surface area contributed by atoms with Gasteiger partial charge in [-0.05, 0) is 44.4 Å². The number of rotatable bonds is 4. The minimum absolute atomic E-state index is 0.0988. The van der Waals surface area contributed by atoms with Crippen LogP contribution in [0, 0.1) is 13.8 Å². The summed E-state index contributed by atoms with van der Waals surface area (Å²) >= 11 is 0. The first kappa shape index (κ1) is 24.6. The molecular formula is C30H32N4O3. The summed E-state index contributed by atoms with van der Waals surface area (Å²) in [5.41, 5.74) is 3.94. The number of para-hydroxylation sites is 1. The summed E-state index contributed by atoms with van der Waals surface area (Å²) in [6.07, 6.45) is 4.37. The number of aliphatic imine (C=N–C) groups is 1. The van der Waals surface area contributed by atoms with Crippen LogP contribution in [0.15, 0.2) is 76.8 Å². The molecule has 3 aromatic rings. The highest BCUT2D eigenvalue weighted by Gasteiger charge is 2.42. The van der Waals surface area contributed by atoms with Crippen molar-refractivity contribution in [2.24, 2.45) is 4.99 Å². The van der Waals surface area contributed by atoms with E-state index in [2.05, 4.69) is 42.0 Å². The summed E-state index contributed by atoms with van der Waals surface area (Å²) in [7, 11) is 0. The Hall–Kier alpha value is -4.13. The van der Waals surface area contributed by atoms with Crippen LogP contribution in [-0.4, -0.2) is 59.2 Å². The highest BCUT2D eigenvalue weighted by Crippen LogP contribution is 2.30. The molecule has 7 nitrogen and oxygen atoms in total. The second-order valence-electron chi connectivity index (χ2n) is 9.94. The maximum absolute atomic E-state index is 13.6. The zero-order valence-electron chi connectivity index (χ0n) is 21.6. The summed E-state index contributed by atoms with van der Waals surface area (Å²) in [5, 5.41) is 3.96. The molecule has 0 aliphatic carbocycles. The number of nitrogens with one attached hydrogen (secondary N) is 1. The monoisotopic (exact) mass is 496 g/mol. The van der Waals surface area contributed by atoms with Gasteiger partial charge in [0.2, 0.25) is 0 Å². The van der Waals surface area contributed by atoms with Crippen LogP contribution in [-0.2, 0) is 4.79 Å². The third-order valence-electron chi connectivity index (χ3n) is 7.30. The second kappa shape index (κ2) is 9.73. The molecule has 1 unspecified atom stereocenters. The van der Waals surface area contributed by atoms with Gasteiger partial charge in [0.15, 0.2) is 5.84 Å². The van der Waals surface area contributed by atoms with Gasteiger partial charge in [0.1, 0.15) is 11.3 Å². The lowest BCUT2D eigenvalue weighted by atomic mass is 9.95. The van der Waals surface area contributed by atoms with Crippen molar-refractivity contribution in [2.75, 3.05) is 26.2 Å². The van der Waals surface area contributed by atoms with Gasteiger partial charge in [-0.2, -0.15) is 0 Å². The van der Waals surface area contributed by atoms with Crippen molar-refractivity contribution in [1.82, 2.24) is 15.1 Å².